The molecule has 2 aliphatic rings. The quantitative estimate of drug-likeness (QED) is 0.397. The van der Waals surface area contributed by atoms with Crippen LogP contribution in [0.1, 0.15) is 63.8 Å². The summed E-state index contributed by atoms with van der Waals surface area (Å²) in [4.78, 5) is 32.9. The van der Waals surface area contributed by atoms with Gasteiger partial charge in [0.1, 0.15) is 5.76 Å². The van der Waals surface area contributed by atoms with Crippen LogP contribution in [0.4, 0.5) is 0 Å². The highest BCUT2D eigenvalue weighted by atomic mass is 32.2. The number of furan rings is 1. The van der Waals surface area contributed by atoms with Crippen LogP contribution >= 0.6 is 11.8 Å². The van der Waals surface area contributed by atoms with Crippen LogP contribution in [0.25, 0.3) is 0 Å². The molecule has 37 heavy (non-hydrogen) atoms. The van der Waals surface area contributed by atoms with Gasteiger partial charge in [-0.1, -0.05) is 24.3 Å². The number of hydrogen-bond acceptors (Lipinski definition) is 5. The van der Waals surface area contributed by atoms with Crippen molar-refractivity contribution in [2.75, 3.05) is 25.4 Å². The second-order valence-corrected chi connectivity index (χ2v) is 11.3. The van der Waals surface area contributed by atoms with E-state index in [0.29, 0.717) is 24.4 Å². The van der Waals surface area contributed by atoms with E-state index in [1.165, 1.54) is 11.1 Å². The average molecular weight is 518 g/mol. The molecule has 1 aromatic carbocycles. The van der Waals surface area contributed by atoms with Gasteiger partial charge >= 0.3 is 0 Å². The fourth-order valence-electron chi connectivity index (χ4n) is 5.55. The zero-order valence-corrected chi connectivity index (χ0v) is 22.3. The summed E-state index contributed by atoms with van der Waals surface area (Å²) in [5.74, 6) is 3.35. The lowest BCUT2D eigenvalue weighted by atomic mass is 9.89. The second kappa shape index (κ2) is 12.0. The maximum atomic E-state index is 13.1. The van der Waals surface area contributed by atoms with Gasteiger partial charge in [0, 0.05) is 43.4 Å². The molecule has 0 saturated carbocycles. The molecule has 0 atom stereocenters. The van der Waals surface area contributed by atoms with E-state index in [0.717, 1.165) is 67.4 Å². The number of amides is 2. The number of piperidine rings is 1. The summed E-state index contributed by atoms with van der Waals surface area (Å²) in [6.07, 6.45) is 5.99. The summed E-state index contributed by atoms with van der Waals surface area (Å²) in [6.45, 7) is 4.01. The number of hydrogen-bond donors (Lipinski definition) is 1. The summed E-state index contributed by atoms with van der Waals surface area (Å²) in [6, 6.07) is 16.2. The molecule has 0 radical (unpaired) electrons. The van der Waals surface area contributed by atoms with Crippen LogP contribution < -0.4 is 5.32 Å². The maximum Gasteiger partial charge on any atom is 0.253 e. The predicted molar refractivity (Wildman–Crippen MR) is 147 cm³/mol. The molecule has 1 saturated heterocycles. The highest BCUT2D eigenvalue weighted by molar-refractivity contribution is 7.98. The van der Waals surface area contributed by atoms with Crippen molar-refractivity contribution in [3.63, 3.8) is 0 Å². The van der Waals surface area contributed by atoms with Gasteiger partial charge in [0.05, 0.1) is 23.3 Å². The third kappa shape index (κ3) is 6.45. The van der Waals surface area contributed by atoms with Crippen LogP contribution in [0.5, 0.6) is 0 Å². The zero-order valence-electron chi connectivity index (χ0n) is 21.4. The number of fused-ring (bicyclic) bond motifs is 1. The molecule has 1 aliphatic heterocycles. The van der Waals surface area contributed by atoms with Gasteiger partial charge in [0.25, 0.3) is 5.91 Å². The lowest BCUT2D eigenvalue weighted by Crippen LogP contribution is -2.39. The molecular formula is C30H35N3O3S. The van der Waals surface area contributed by atoms with Crippen molar-refractivity contribution in [1.29, 1.82) is 0 Å². The molecule has 3 aromatic rings. The molecule has 1 N–H and O–H groups in total. The van der Waals surface area contributed by atoms with E-state index in [4.69, 9.17) is 9.40 Å². The van der Waals surface area contributed by atoms with E-state index in [-0.39, 0.29) is 17.7 Å². The Morgan fingerprint density at radius 2 is 1.81 bits per heavy atom. The minimum atomic E-state index is -0.0691. The van der Waals surface area contributed by atoms with Crippen LogP contribution in [-0.2, 0) is 23.4 Å². The summed E-state index contributed by atoms with van der Waals surface area (Å²) in [7, 11) is 0. The minimum Gasteiger partial charge on any atom is -0.468 e. The van der Waals surface area contributed by atoms with Crippen molar-refractivity contribution in [3.05, 3.63) is 88.6 Å². The molecule has 6 nitrogen and oxygen atoms in total. The fourth-order valence-corrected chi connectivity index (χ4v) is 6.31. The molecule has 2 aromatic heterocycles. The Labute approximate surface area is 223 Å². The van der Waals surface area contributed by atoms with Crippen LogP contribution in [0.2, 0.25) is 0 Å². The Kier molecular flexibility index (Phi) is 8.29. The number of thioether (sulfide) groups is 1. The monoisotopic (exact) mass is 517 g/mol. The molecule has 0 spiro atoms. The van der Waals surface area contributed by atoms with E-state index in [2.05, 4.69) is 29.6 Å². The van der Waals surface area contributed by atoms with Crippen LogP contribution in [0, 0.1) is 12.8 Å². The smallest absolute Gasteiger partial charge is 0.253 e. The molecule has 0 bridgehead atoms. The Balaban J connectivity index is 1.11. The minimum absolute atomic E-state index is 0.0691. The number of benzene rings is 1. The van der Waals surface area contributed by atoms with E-state index < -0.39 is 0 Å². The van der Waals surface area contributed by atoms with Crippen molar-refractivity contribution < 1.29 is 14.0 Å². The van der Waals surface area contributed by atoms with Gasteiger partial charge in [0.2, 0.25) is 5.91 Å². The van der Waals surface area contributed by atoms with Crippen LogP contribution in [0.3, 0.4) is 0 Å². The number of aromatic nitrogens is 1. The molecule has 0 unspecified atom stereocenters. The fraction of sp³-hybridized carbons (Fsp3) is 0.433. The van der Waals surface area contributed by atoms with E-state index >= 15 is 0 Å². The molecule has 7 heteroatoms. The Morgan fingerprint density at radius 3 is 2.51 bits per heavy atom. The number of pyridine rings is 1. The largest absolute Gasteiger partial charge is 0.468 e. The lowest BCUT2D eigenvalue weighted by Gasteiger charge is -2.33. The molecule has 2 amide bonds. The summed E-state index contributed by atoms with van der Waals surface area (Å²) >= 11 is 1.73. The lowest BCUT2D eigenvalue weighted by molar-refractivity contribution is -0.133. The number of aryl methyl sites for hydroxylation is 1. The van der Waals surface area contributed by atoms with E-state index in [9.17, 15) is 9.59 Å². The van der Waals surface area contributed by atoms with Crippen LogP contribution in [0.15, 0.2) is 59.2 Å². The number of carbonyl (C=O) groups excluding carboxylic acids is 2. The van der Waals surface area contributed by atoms with E-state index in [1.807, 2.05) is 36.1 Å². The third-order valence-corrected chi connectivity index (χ3v) is 8.48. The molecule has 194 valence electrons. The van der Waals surface area contributed by atoms with Gasteiger partial charge < -0.3 is 14.6 Å². The van der Waals surface area contributed by atoms with Crippen molar-refractivity contribution in [2.45, 2.75) is 50.7 Å². The van der Waals surface area contributed by atoms with Gasteiger partial charge in [-0.3, -0.25) is 14.6 Å². The maximum absolute atomic E-state index is 13.1. The normalized spacial score (nSPS) is 16.1. The number of nitrogens with zero attached hydrogens (tertiary/aromatic N) is 2. The first kappa shape index (κ1) is 25.6. The second-order valence-electron chi connectivity index (χ2n) is 10.2. The SMILES string of the molecule is Cc1ccc(C(=O)NCCSCc2ccco2)c(C2CCN(C(=O)CC3Cc4ccccc4C3)CC2)n1. The topological polar surface area (TPSA) is 75.4 Å². The van der Waals surface area contributed by atoms with Gasteiger partial charge in [-0.15, -0.1) is 0 Å². The van der Waals surface area contributed by atoms with Crippen molar-refractivity contribution >= 4 is 23.6 Å². The van der Waals surface area contributed by atoms with Crippen molar-refractivity contribution in [1.82, 2.24) is 15.2 Å². The highest BCUT2D eigenvalue weighted by Gasteiger charge is 2.30. The van der Waals surface area contributed by atoms with Gasteiger partial charge in [-0.25, -0.2) is 0 Å². The molecular weight excluding hydrogens is 482 g/mol. The molecule has 1 fully saturated rings. The van der Waals surface area contributed by atoms with Crippen molar-refractivity contribution in [2.24, 2.45) is 5.92 Å². The van der Waals surface area contributed by atoms with Crippen LogP contribution in [-0.4, -0.2) is 47.1 Å². The van der Waals surface area contributed by atoms with Crippen molar-refractivity contribution in [3.8, 4) is 0 Å². The number of carbonyl (C=O) groups is 2. The summed E-state index contributed by atoms with van der Waals surface area (Å²) in [5.41, 5.74) is 5.24. The zero-order chi connectivity index (χ0) is 25.6. The molecule has 1 aliphatic carbocycles. The highest BCUT2D eigenvalue weighted by Crippen LogP contribution is 2.32. The molecule has 3 heterocycles. The number of nitrogens with one attached hydrogen (secondary N) is 1. The molecule has 5 rings (SSSR count). The predicted octanol–water partition coefficient (Wildman–Crippen LogP) is 5.16. The first-order valence-electron chi connectivity index (χ1n) is 13.3. The summed E-state index contributed by atoms with van der Waals surface area (Å²) < 4.78 is 5.35. The number of rotatable bonds is 9. The first-order chi connectivity index (χ1) is 18.1. The Bertz CT molecular complexity index is 1190. The Hall–Kier alpha value is -3.06. The average Bonchev–Trinajstić information content (AvgIpc) is 3.58. The third-order valence-electron chi connectivity index (χ3n) is 7.50. The standard InChI is InChI=1S/C30H35N3O3S/c1-21-8-9-27(30(35)31-12-16-37-20-26-7-4-15-36-26)29(32-21)23-10-13-33(14-11-23)28(34)19-22-17-24-5-2-3-6-25(24)18-22/h2-9,15,22-23H,10-14,16-20H2,1H3,(H,31,35). The van der Waals surface area contributed by atoms with Gasteiger partial charge in [0.15, 0.2) is 0 Å². The Morgan fingerprint density at radius 1 is 1.05 bits per heavy atom. The van der Waals surface area contributed by atoms with Gasteiger partial charge in [-0.05, 0) is 73.9 Å². The first-order valence-corrected chi connectivity index (χ1v) is 14.4. The van der Waals surface area contributed by atoms with E-state index in [1.54, 1.807) is 18.0 Å². The number of likely N-dealkylation sites (tertiary alicyclic amines) is 1. The summed E-state index contributed by atoms with van der Waals surface area (Å²) in [5, 5.41) is 3.06. The van der Waals surface area contributed by atoms with Gasteiger partial charge in [-0.2, -0.15) is 11.8 Å².